The Bertz CT molecular complexity index is 852. The summed E-state index contributed by atoms with van der Waals surface area (Å²) < 4.78 is 1.86. The van der Waals surface area contributed by atoms with E-state index in [9.17, 15) is 9.90 Å². The molecule has 0 aliphatic carbocycles. The van der Waals surface area contributed by atoms with Gasteiger partial charge >= 0.3 is 0 Å². The molecule has 3 aromatic rings. The van der Waals surface area contributed by atoms with E-state index in [1.807, 2.05) is 59.3 Å². The smallest absolute Gasteiger partial charge is 0.254 e. The average Bonchev–Trinajstić information content (AvgIpc) is 3.15. The molecule has 0 atom stereocenters. The lowest BCUT2D eigenvalue weighted by Gasteiger charge is -2.29. The number of carbonyl (C=O) groups is 1. The summed E-state index contributed by atoms with van der Waals surface area (Å²) >= 11 is 0. The Morgan fingerprint density at radius 2 is 1.92 bits per heavy atom. The number of aromatic nitrogens is 2. The van der Waals surface area contributed by atoms with Crippen molar-refractivity contribution in [1.29, 1.82) is 0 Å². The Morgan fingerprint density at radius 3 is 2.58 bits per heavy atom. The van der Waals surface area contributed by atoms with Crippen molar-refractivity contribution in [1.82, 2.24) is 14.5 Å². The van der Waals surface area contributed by atoms with Crippen molar-refractivity contribution in [3.8, 4) is 5.69 Å². The third-order valence-electron chi connectivity index (χ3n) is 3.98. The van der Waals surface area contributed by atoms with Crippen molar-refractivity contribution < 1.29 is 9.90 Å². The fourth-order valence-corrected chi connectivity index (χ4v) is 2.86. The lowest BCUT2D eigenvalue weighted by atomic mass is 10.1. The van der Waals surface area contributed by atoms with E-state index < -0.39 is 5.60 Å². The van der Waals surface area contributed by atoms with Crippen LogP contribution in [0.4, 0.5) is 0 Å². The highest BCUT2D eigenvalue weighted by atomic mass is 16.3. The molecule has 0 fully saturated rings. The third kappa shape index (κ3) is 4.58. The summed E-state index contributed by atoms with van der Waals surface area (Å²) in [5.41, 5.74) is 1.50. The van der Waals surface area contributed by atoms with E-state index in [4.69, 9.17) is 0 Å². The summed E-state index contributed by atoms with van der Waals surface area (Å²) in [6, 6.07) is 17.2. The first-order chi connectivity index (χ1) is 12.4. The van der Waals surface area contributed by atoms with Crippen molar-refractivity contribution in [3.63, 3.8) is 0 Å². The van der Waals surface area contributed by atoms with Crippen LogP contribution in [0.2, 0.25) is 0 Å². The first-order valence-electron chi connectivity index (χ1n) is 8.56. The Hall–Kier alpha value is -2.92. The second-order valence-corrected chi connectivity index (χ2v) is 6.98. The maximum absolute atomic E-state index is 13.1. The monoisotopic (exact) mass is 349 g/mol. The van der Waals surface area contributed by atoms with Crippen LogP contribution in [0.3, 0.4) is 0 Å². The molecule has 0 saturated heterocycles. The summed E-state index contributed by atoms with van der Waals surface area (Å²) in [5.74, 6) is -0.113. The van der Waals surface area contributed by atoms with Crippen LogP contribution in [0.25, 0.3) is 5.69 Å². The number of hydrogen-bond donors (Lipinski definition) is 1. The van der Waals surface area contributed by atoms with Crippen LogP contribution in [0.1, 0.15) is 29.8 Å². The summed E-state index contributed by atoms with van der Waals surface area (Å²) in [6.07, 6.45) is 5.23. The first-order valence-corrected chi connectivity index (χ1v) is 8.56. The lowest BCUT2D eigenvalue weighted by Crippen LogP contribution is -2.41. The van der Waals surface area contributed by atoms with Gasteiger partial charge in [0, 0.05) is 36.7 Å². The second kappa shape index (κ2) is 7.54. The van der Waals surface area contributed by atoms with Crippen molar-refractivity contribution in [2.45, 2.75) is 26.0 Å². The number of carbonyl (C=O) groups excluding carboxylic acids is 1. The number of imidazole rings is 1. The van der Waals surface area contributed by atoms with Crippen LogP contribution in [0.5, 0.6) is 0 Å². The maximum Gasteiger partial charge on any atom is 0.254 e. The van der Waals surface area contributed by atoms with Gasteiger partial charge in [-0.25, -0.2) is 4.98 Å². The molecule has 0 aliphatic heterocycles. The topological polar surface area (TPSA) is 58.4 Å². The Labute approximate surface area is 153 Å². The van der Waals surface area contributed by atoms with Crippen molar-refractivity contribution >= 4 is 5.91 Å². The molecule has 26 heavy (non-hydrogen) atoms. The number of rotatable bonds is 6. The highest BCUT2D eigenvalue weighted by Crippen LogP contribution is 2.17. The Morgan fingerprint density at radius 1 is 1.15 bits per heavy atom. The standard InChI is InChI=1S/C21H23N3O2/c1-21(2,26)15-24(14-17-7-4-3-5-8-17)20(25)18-9-6-10-19(13-18)23-12-11-22-16-23/h3-13,16,26H,14-15H2,1-2H3. The van der Waals surface area contributed by atoms with Crippen LogP contribution >= 0.6 is 0 Å². The van der Waals surface area contributed by atoms with Crippen molar-refractivity contribution in [3.05, 3.63) is 84.4 Å². The Balaban J connectivity index is 1.88. The fourth-order valence-electron chi connectivity index (χ4n) is 2.86. The van der Waals surface area contributed by atoms with Gasteiger partial charge in [-0.15, -0.1) is 0 Å². The van der Waals surface area contributed by atoms with Gasteiger partial charge in [0.05, 0.1) is 11.9 Å². The SMILES string of the molecule is CC(C)(O)CN(Cc1ccccc1)C(=O)c1cccc(-n2ccnc2)c1. The van der Waals surface area contributed by atoms with Crippen molar-refractivity contribution in [2.24, 2.45) is 0 Å². The quantitative estimate of drug-likeness (QED) is 0.743. The van der Waals surface area contributed by atoms with Gasteiger partial charge in [0.2, 0.25) is 0 Å². The number of aliphatic hydroxyl groups is 1. The van der Waals surface area contributed by atoms with Crippen LogP contribution in [0.15, 0.2) is 73.3 Å². The minimum absolute atomic E-state index is 0.113. The summed E-state index contributed by atoms with van der Waals surface area (Å²) in [4.78, 5) is 18.9. The third-order valence-corrected chi connectivity index (χ3v) is 3.98. The normalized spacial score (nSPS) is 11.3. The summed E-state index contributed by atoms with van der Waals surface area (Å²) in [7, 11) is 0. The molecule has 1 N–H and O–H groups in total. The molecule has 2 aromatic carbocycles. The van der Waals surface area contributed by atoms with Gasteiger partial charge in [-0.05, 0) is 37.6 Å². The summed E-state index contributed by atoms with van der Waals surface area (Å²) in [6.45, 7) is 4.11. The van der Waals surface area contributed by atoms with E-state index in [0.29, 0.717) is 12.1 Å². The number of amides is 1. The highest BCUT2D eigenvalue weighted by molar-refractivity contribution is 5.94. The molecule has 0 aliphatic rings. The number of hydrogen-bond acceptors (Lipinski definition) is 3. The molecule has 1 amide bonds. The van der Waals surface area contributed by atoms with Gasteiger partial charge in [-0.2, -0.15) is 0 Å². The van der Waals surface area contributed by atoms with Crippen molar-refractivity contribution in [2.75, 3.05) is 6.54 Å². The van der Waals surface area contributed by atoms with Gasteiger partial charge < -0.3 is 14.6 Å². The molecule has 0 bridgehead atoms. The molecule has 0 spiro atoms. The van der Waals surface area contributed by atoms with Crippen LogP contribution in [-0.4, -0.2) is 37.6 Å². The zero-order valence-electron chi connectivity index (χ0n) is 15.0. The molecule has 0 radical (unpaired) electrons. The summed E-state index contributed by atoms with van der Waals surface area (Å²) in [5, 5.41) is 10.3. The minimum atomic E-state index is -0.980. The van der Waals surface area contributed by atoms with Gasteiger partial charge in [0.1, 0.15) is 0 Å². The molecule has 5 heteroatoms. The zero-order chi connectivity index (χ0) is 18.6. The van der Waals surface area contributed by atoms with Crippen LogP contribution in [0, 0.1) is 0 Å². The Kier molecular flexibility index (Phi) is 5.19. The van der Waals surface area contributed by atoms with E-state index in [-0.39, 0.29) is 12.5 Å². The zero-order valence-corrected chi connectivity index (χ0v) is 15.0. The van der Waals surface area contributed by atoms with Crippen LogP contribution < -0.4 is 0 Å². The van der Waals surface area contributed by atoms with E-state index in [2.05, 4.69) is 4.98 Å². The maximum atomic E-state index is 13.1. The molecule has 134 valence electrons. The second-order valence-electron chi connectivity index (χ2n) is 6.98. The van der Waals surface area contributed by atoms with Gasteiger partial charge in [0.15, 0.2) is 0 Å². The van der Waals surface area contributed by atoms with Gasteiger partial charge in [-0.1, -0.05) is 36.4 Å². The van der Waals surface area contributed by atoms with E-state index >= 15 is 0 Å². The number of nitrogens with zero attached hydrogens (tertiary/aromatic N) is 3. The minimum Gasteiger partial charge on any atom is -0.389 e. The van der Waals surface area contributed by atoms with E-state index in [1.165, 1.54) is 0 Å². The molecule has 0 unspecified atom stereocenters. The van der Waals surface area contributed by atoms with Gasteiger partial charge in [0.25, 0.3) is 5.91 Å². The average molecular weight is 349 g/mol. The van der Waals surface area contributed by atoms with E-state index in [0.717, 1.165) is 11.3 Å². The first kappa shape index (κ1) is 17.9. The predicted octanol–water partition coefficient (Wildman–Crippen LogP) is 3.29. The lowest BCUT2D eigenvalue weighted by molar-refractivity contribution is 0.0280. The fraction of sp³-hybridized carbons (Fsp3) is 0.238. The number of benzene rings is 2. The largest absolute Gasteiger partial charge is 0.389 e. The van der Waals surface area contributed by atoms with Crippen LogP contribution in [-0.2, 0) is 6.54 Å². The molecule has 1 aromatic heterocycles. The predicted molar refractivity (Wildman–Crippen MR) is 101 cm³/mol. The molecule has 5 nitrogen and oxygen atoms in total. The molecule has 0 saturated carbocycles. The molecular formula is C21H23N3O2. The van der Waals surface area contributed by atoms with Gasteiger partial charge in [-0.3, -0.25) is 4.79 Å². The molecular weight excluding hydrogens is 326 g/mol. The highest BCUT2D eigenvalue weighted by Gasteiger charge is 2.24. The molecule has 3 rings (SSSR count). The van der Waals surface area contributed by atoms with E-state index in [1.54, 1.807) is 37.3 Å². The molecule has 1 heterocycles.